The van der Waals surface area contributed by atoms with Crippen molar-refractivity contribution in [1.82, 2.24) is 0 Å². The summed E-state index contributed by atoms with van der Waals surface area (Å²) in [4.78, 5) is 24.3. The van der Waals surface area contributed by atoms with E-state index in [0.29, 0.717) is 24.8 Å². The Labute approximate surface area is 218 Å². The first-order valence-corrected chi connectivity index (χ1v) is 16.3. The lowest BCUT2D eigenvalue weighted by Crippen LogP contribution is -2.24. The second-order valence-electron chi connectivity index (χ2n) is 9.84. The Bertz CT molecular complexity index is 1040. The fraction of sp³-hybridized carbons (Fsp3) is 0.500. The van der Waals surface area contributed by atoms with Crippen LogP contribution in [-0.2, 0) is 4.74 Å². The largest absolute Gasteiger partial charge is 0.494 e. The van der Waals surface area contributed by atoms with E-state index in [1.165, 1.54) is 37.1 Å². The number of unbranched alkanes of at least 4 members (excludes halogenated alkanes) is 3. The molecule has 0 aliphatic rings. The van der Waals surface area contributed by atoms with E-state index in [-0.39, 0.29) is 12.2 Å². The number of rotatable bonds is 15. The summed E-state index contributed by atoms with van der Waals surface area (Å²) in [5.74, 6) is -7.77. The predicted octanol–water partition coefficient (Wildman–Crippen LogP) is 7.95. The van der Waals surface area contributed by atoms with E-state index in [1.54, 1.807) is 12.1 Å². The van der Waals surface area contributed by atoms with Gasteiger partial charge in [-0.3, -0.25) is 0 Å². The van der Waals surface area contributed by atoms with Crippen LogP contribution in [-0.4, -0.2) is 33.2 Å². The van der Waals surface area contributed by atoms with Gasteiger partial charge in [0, 0.05) is 8.07 Å². The second kappa shape index (κ2) is 14.8. The summed E-state index contributed by atoms with van der Waals surface area (Å²) in [6, 6.07) is 8.96. The number of hydrogen-bond acceptors (Lipinski definition) is 5. The van der Waals surface area contributed by atoms with Gasteiger partial charge in [-0.15, -0.1) is 0 Å². The minimum atomic E-state index is -1.78. The fourth-order valence-corrected chi connectivity index (χ4v) is 6.49. The summed E-state index contributed by atoms with van der Waals surface area (Å²) in [5, 5.41) is 0. The van der Waals surface area contributed by atoms with Crippen molar-refractivity contribution in [2.24, 2.45) is 0 Å². The van der Waals surface area contributed by atoms with Gasteiger partial charge in [0.15, 0.2) is 11.6 Å². The van der Waals surface area contributed by atoms with Crippen LogP contribution in [0.2, 0.25) is 25.2 Å². The minimum Gasteiger partial charge on any atom is -0.494 e. The van der Waals surface area contributed by atoms with Gasteiger partial charge in [0.05, 0.1) is 18.8 Å². The third-order valence-corrected chi connectivity index (χ3v) is 9.49. The lowest BCUT2D eigenvalue weighted by atomic mass is 10.1. The summed E-state index contributed by atoms with van der Waals surface area (Å²) in [5.41, 5.74) is -0.905. The zero-order valence-corrected chi connectivity index (χ0v) is 23.1. The molecule has 0 unspecified atom stereocenters. The van der Waals surface area contributed by atoms with E-state index < -0.39 is 48.8 Å². The minimum absolute atomic E-state index is 0.00159. The number of hydrogen-bond donors (Lipinski definition) is 0. The molecule has 0 aliphatic carbocycles. The molecule has 0 atom stereocenters. The summed E-state index contributed by atoms with van der Waals surface area (Å²) < 4.78 is 58.5. The van der Waals surface area contributed by atoms with E-state index in [9.17, 15) is 22.8 Å². The molecule has 0 saturated heterocycles. The highest BCUT2D eigenvalue weighted by Crippen LogP contribution is 2.28. The van der Waals surface area contributed by atoms with Gasteiger partial charge in [-0.1, -0.05) is 64.7 Å². The monoisotopic (exact) mass is 538 g/mol. The van der Waals surface area contributed by atoms with Gasteiger partial charge in [-0.2, -0.15) is 4.39 Å². The molecule has 0 radical (unpaired) electrons. The number of carbonyl (C=O) groups is 2. The van der Waals surface area contributed by atoms with Gasteiger partial charge in [0.2, 0.25) is 11.6 Å². The van der Waals surface area contributed by atoms with Crippen molar-refractivity contribution in [3.05, 3.63) is 58.9 Å². The number of ether oxygens (including phenoxy) is 3. The van der Waals surface area contributed by atoms with Crippen LogP contribution in [0.3, 0.4) is 0 Å². The molecule has 9 heteroatoms. The predicted molar refractivity (Wildman–Crippen MR) is 140 cm³/mol. The Balaban J connectivity index is 1.92. The van der Waals surface area contributed by atoms with Crippen molar-refractivity contribution < 1.29 is 37.0 Å². The van der Waals surface area contributed by atoms with Crippen molar-refractivity contribution in [3.8, 4) is 11.5 Å². The Morgan fingerprint density at radius 2 is 1.46 bits per heavy atom. The van der Waals surface area contributed by atoms with E-state index in [1.807, 2.05) is 6.92 Å². The average molecular weight is 539 g/mol. The molecule has 2 aromatic carbocycles. The van der Waals surface area contributed by atoms with E-state index in [2.05, 4.69) is 20.0 Å². The Hall–Kier alpha value is -2.81. The molecule has 0 spiro atoms. The highest BCUT2D eigenvalue weighted by atomic mass is 28.3. The van der Waals surface area contributed by atoms with Crippen LogP contribution in [0.25, 0.3) is 0 Å². The number of carbonyl (C=O) groups excluding carboxylic acids is 2. The first-order chi connectivity index (χ1) is 17.6. The lowest BCUT2D eigenvalue weighted by Gasteiger charge is -2.21. The third-order valence-electron chi connectivity index (χ3n) is 6.08. The summed E-state index contributed by atoms with van der Waals surface area (Å²) >= 11 is 0. The van der Waals surface area contributed by atoms with E-state index in [4.69, 9.17) is 14.2 Å². The van der Waals surface area contributed by atoms with E-state index in [0.717, 1.165) is 19.3 Å². The molecule has 0 N–H and O–H groups in total. The molecule has 0 bridgehead atoms. The average Bonchev–Trinajstić information content (AvgIpc) is 2.87. The van der Waals surface area contributed by atoms with Crippen LogP contribution in [0.15, 0.2) is 30.3 Å². The van der Waals surface area contributed by atoms with Crippen LogP contribution in [0.5, 0.6) is 11.5 Å². The van der Waals surface area contributed by atoms with Crippen molar-refractivity contribution >= 4 is 20.0 Å². The van der Waals surface area contributed by atoms with Gasteiger partial charge in [0.1, 0.15) is 11.3 Å². The zero-order valence-electron chi connectivity index (χ0n) is 22.1. The van der Waals surface area contributed by atoms with Gasteiger partial charge >= 0.3 is 11.9 Å². The molecule has 5 nitrogen and oxygen atoms in total. The summed E-state index contributed by atoms with van der Waals surface area (Å²) in [6.07, 6.45) is 5.80. The number of esters is 2. The first kappa shape index (κ1) is 30.4. The standard InChI is InChI=1S/C28H37F3O5Si/c1-5-7-15-35-28(33)22-19-23(29)26(25(31)24(22)30)36-27(32)20-11-13-21(14-12-20)34-16-9-10-18-37(3,4)17-8-6-2/h11-14,19H,5-10,15-18H2,1-4H3. The maximum absolute atomic E-state index is 14.4. The molecule has 0 aromatic heterocycles. The first-order valence-electron chi connectivity index (χ1n) is 12.9. The molecule has 204 valence electrons. The van der Waals surface area contributed by atoms with Gasteiger partial charge < -0.3 is 14.2 Å². The highest BCUT2D eigenvalue weighted by Gasteiger charge is 2.27. The Morgan fingerprint density at radius 1 is 0.811 bits per heavy atom. The number of halogens is 3. The van der Waals surface area contributed by atoms with Crippen LogP contribution in [0, 0.1) is 17.5 Å². The second-order valence-corrected chi connectivity index (χ2v) is 15.2. The van der Waals surface area contributed by atoms with Crippen LogP contribution < -0.4 is 9.47 Å². The zero-order chi connectivity index (χ0) is 27.4. The quantitative estimate of drug-likeness (QED) is 0.0757. The molecule has 0 saturated carbocycles. The molecule has 37 heavy (non-hydrogen) atoms. The molecule has 0 amide bonds. The number of benzene rings is 2. The molecule has 0 fully saturated rings. The molecular formula is C28H37F3O5Si. The topological polar surface area (TPSA) is 61.8 Å². The van der Waals surface area contributed by atoms with Gasteiger partial charge in [-0.25, -0.2) is 18.4 Å². The molecule has 0 heterocycles. The Morgan fingerprint density at radius 3 is 2.11 bits per heavy atom. The van der Waals surface area contributed by atoms with Crippen molar-refractivity contribution in [2.45, 2.75) is 77.6 Å². The van der Waals surface area contributed by atoms with Crippen molar-refractivity contribution in [3.63, 3.8) is 0 Å². The van der Waals surface area contributed by atoms with Crippen LogP contribution >= 0.6 is 0 Å². The molecular weight excluding hydrogens is 501 g/mol. The molecule has 0 aliphatic heterocycles. The van der Waals surface area contributed by atoms with Crippen LogP contribution in [0.4, 0.5) is 13.2 Å². The van der Waals surface area contributed by atoms with Crippen LogP contribution in [0.1, 0.15) is 73.1 Å². The SMILES string of the molecule is CCCCOC(=O)c1cc(F)c(OC(=O)c2ccc(OCCCC[Si](C)(C)CCCC)cc2)c(F)c1F. The van der Waals surface area contributed by atoms with Gasteiger partial charge in [-0.05, 0) is 43.2 Å². The summed E-state index contributed by atoms with van der Waals surface area (Å²) in [6.45, 7) is 9.45. The van der Waals surface area contributed by atoms with Gasteiger partial charge in [0.25, 0.3) is 0 Å². The summed E-state index contributed by atoms with van der Waals surface area (Å²) in [7, 11) is -1.14. The van der Waals surface area contributed by atoms with Crippen molar-refractivity contribution in [2.75, 3.05) is 13.2 Å². The fourth-order valence-electron chi connectivity index (χ4n) is 3.72. The van der Waals surface area contributed by atoms with Crippen molar-refractivity contribution in [1.29, 1.82) is 0 Å². The molecule has 2 rings (SSSR count). The smallest absolute Gasteiger partial charge is 0.343 e. The highest BCUT2D eigenvalue weighted by molar-refractivity contribution is 6.77. The molecule has 2 aromatic rings. The van der Waals surface area contributed by atoms with E-state index >= 15 is 0 Å². The maximum Gasteiger partial charge on any atom is 0.343 e. The third kappa shape index (κ3) is 9.53. The Kier molecular flexibility index (Phi) is 12.2. The lowest BCUT2D eigenvalue weighted by molar-refractivity contribution is 0.0492. The maximum atomic E-state index is 14.4. The normalized spacial score (nSPS) is 11.3.